The number of ether oxygens (including phenoxy) is 1. The van der Waals surface area contributed by atoms with Crippen LogP contribution in [0.2, 0.25) is 0 Å². The van der Waals surface area contributed by atoms with Crippen molar-refractivity contribution in [2.24, 2.45) is 0 Å². The molecular formula is C22H17NO4S. The van der Waals surface area contributed by atoms with Gasteiger partial charge in [-0.25, -0.2) is 0 Å². The number of amides is 2. The molecule has 0 unspecified atom stereocenters. The van der Waals surface area contributed by atoms with Crippen molar-refractivity contribution in [1.82, 2.24) is 4.90 Å². The summed E-state index contributed by atoms with van der Waals surface area (Å²) in [7, 11) is 1.46. The average molecular weight is 391 g/mol. The van der Waals surface area contributed by atoms with Gasteiger partial charge in [0.2, 0.25) is 0 Å². The quantitative estimate of drug-likeness (QED) is 0.648. The fraction of sp³-hybridized carbons (Fsp3) is 0.0909. The molecule has 3 aromatic rings. The minimum atomic E-state index is -0.370. The molecule has 0 radical (unpaired) electrons. The van der Waals surface area contributed by atoms with Crippen molar-refractivity contribution in [2.75, 3.05) is 7.11 Å². The summed E-state index contributed by atoms with van der Waals surface area (Å²) in [4.78, 5) is 26.8. The van der Waals surface area contributed by atoms with E-state index in [-0.39, 0.29) is 28.3 Å². The van der Waals surface area contributed by atoms with E-state index in [1.54, 1.807) is 18.2 Å². The van der Waals surface area contributed by atoms with E-state index in [0.29, 0.717) is 11.3 Å². The van der Waals surface area contributed by atoms with Crippen LogP contribution in [0.3, 0.4) is 0 Å². The lowest BCUT2D eigenvalue weighted by molar-refractivity contribution is -0.123. The van der Waals surface area contributed by atoms with E-state index >= 15 is 0 Å². The van der Waals surface area contributed by atoms with Crippen LogP contribution in [-0.4, -0.2) is 28.3 Å². The third kappa shape index (κ3) is 3.23. The highest BCUT2D eigenvalue weighted by Crippen LogP contribution is 2.37. The van der Waals surface area contributed by atoms with Gasteiger partial charge in [-0.15, -0.1) is 0 Å². The Balaban J connectivity index is 1.64. The van der Waals surface area contributed by atoms with Crippen LogP contribution >= 0.6 is 11.8 Å². The largest absolute Gasteiger partial charge is 0.504 e. The van der Waals surface area contributed by atoms with Crippen molar-refractivity contribution >= 4 is 39.8 Å². The van der Waals surface area contributed by atoms with E-state index < -0.39 is 0 Å². The Hall–Kier alpha value is -3.25. The normalized spacial score (nSPS) is 15.6. The number of benzene rings is 3. The Bertz CT molecular complexity index is 1120. The lowest BCUT2D eigenvalue weighted by atomic mass is 10.0. The van der Waals surface area contributed by atoms with E-state index in [0.717, 1.165) is 28.1 Å². The standard InChI is InChI=1S/C22H17NO4S/c1-27-18-11-5-8-15(20(18)24)12-19-21(25)23(22(26)28-19)13-16-9-4-7-14-6-2-3-10-17(14)16/h2-12,24H,13H2,1H3/b19-12-. The van der Waals surface area contributed by atoms with Crippen molar-refractivity contribution in [3.63, 3.8) is 0 Å². The molecule has 0 bridgehead atoms. The van der Waals surface area contributed by atoms with Crippen LogP contribution in [0.15, 0.2) is 65.6 Å². The van der Waals surface area contributed by atoms with Gasteiger partial charge in [0.05, 0.1) is 18.6 Å². The maximum absolute atomic E-state index is 12.8. The first-order valence-electron chi connectivity index (χ1n) is 8.66. The highest BCUT2D eigenvalue weighted by molar-refractivity contribution is 8.18. The zero-order valence-electron chi connectivity index (χ0n) is 15.1. The van der Waals surface area contributed by atoms with Gasteiger partial charge >= 0.3 is 0 Å². The first kappa shape index (κ1) is 18.1. The number of fused-ring (bicyclic) bond motifs is 1. The fourth-order valence-electron chi connectivity index (χ4n) is 3.20. The Morgan fingerprint density at radius 2 is 1.79 bits per heavy atom. The van der Waals surface area contributed by atoms with Crippen LogP contribution in [0.4, 0.5) is 4.79 Å². The molecule has 0 aliphatic carbocycles. The molecule has 2 amide bonds. The predicted molar refractivity (Wildman–Crippen MR) is 110 cm³/mol. The molecule has 1 aliphatic heterocycles. The number of carbonyl (C=O) groups excluding carboxylic acids is 2. The van der Waals surface area contributed by atoms with Crippen molar-refractivity contribution < 1.29 is 19.4 Å². The minimum Gasteiger partial charge on any atom is -0.504 e. The van der Waals surface area contributed by atoms with Crippen LogP contribution in [-0.2, 0) is 11.3 Å². The summed E-state index contributed by atoms with van der Waals surface area (Å²) in [5.74, 6) is -0.125. The lowest BCUT2D eigenvalue weighted by Gasteiger charge is -2.14. The molecule has 0 aromatic heterocycles. The summed E-state index contributed by atoms with van der Waals surface area (Å²) in [5.41, 5.74) is 1.33. The van der Waals surface area contributed by atoms with E-state index in [2.05, 4.69) is 0 Å². The fourth-order valence-corrected chi connectivity index (χ4v) is 4.03. The average Bonchev–Trinajstić information content (AvgIpc) is 2.97. The predicted octanol–water partition coefficient (Wildman–Crippen LogP) is 4.79. The highest BCUT2D eigenvalue weighted by Gasteiger charge is 2.35. The van der Waals surface area contributed by atoms with Crippen LogP contribution in [0, 0.1) is 0 Å². The molecule has 1 heterocycles. The molecule has 1 fully saturated rings. The van der Waals surface area contributed by atoms with E-state index in [1.807, 2.05) is 42.5 Å². The zero-order chi connectivity index (χ0) is 19.7. The molecule has 6 heteroatoms. The van der Waals surface area contributed by atoms with E-state index in [1.165, 1.54) is 18.1 Å². The molecule has 1 saturated heterocycles. The Kier molecular flexibility index (Phi) is 4.79. The van der Waals surface area contributed by atoms with E-state index in [9.17, 15) is 14.7 Å². The summed E-state index contributed by atoms with van der Waals surface area (Å²) in [5, 5.41) is 12.0. The third-order valence-electron chi connectivity index (χ3n) is 4.62. The summed E-state index contributed by atoms with van der Waals surface area (Å²) in [6, 6.07) is 18.7. The van der Waals surface area contributed by atoms with Crippen molar-refractivity contribution in [3.8, 4) is 11.5 Å². The molecule has 3 aromatic carbocycles. The Morgan fingerprint density at radius 3 is 2.61 bits per heavy atom. The number of phenolic OH excluding ortho intramolecular Hbond substituents is 1. The molecule has 1 N–H and O–H groups in total. The second kappa shape index (κ2) is 7.40. The first-order valence-corrected chi connectivity index (χ1v) is 9.48. The number of para-hydroxylation sites is 1. The van der Waals surface area contributed by atoms with Gasteiger partial charge in [0.1, 0.15) is 0 Å². The molecular weight excluding hydrogens is 374 g/mol. The first-order chi connectivity index (χ1) is 13.6. The molecule has 0 saturated carbocycles. The van der Waals surface area contributed by atoms with Crippen LogP contribution in [0.1, 0.15) is 11.1 Å². The molecule has 1 aliphatic rings. The van der Waals surface area contributed by atoms with Gasteiger partial charge in [0.25, 0.3) is 11.1 Å². The SMILES string of the molecule is COc1cccc(/C=C2\SC(=O)N(Cc3cccc4ccccc34)C2=O)c1O. The van der Waals surface area contributed by atoms with Crippen LogP contribution in [0.5, 0.6) is 11.5 Å². The number of hydrogen-bond acceptors (Lipinski definition) is 5. The van der Waals surface area contributed by atoms with Crippen molar-refractivity contribution in [2.45, 2.75) is 6.54 Å². The van der Waals surface area contributed by atoms with E-state index in [4.69, 9.17) is 4.74 Å². The molecule has 0 spiro atoms. The highest BCUT2D eigenvalue weighted by atomic mass is 32.2. The van der Waals surface area contributed by atoms with Gasteiger partial charge in [-0.3, -0.25) is 14.5 Å². The number of carbonyl (C=O) groups is 2. The molecule has 140 valence electrons. The second-order valence-corrected chi connectivity index (χ2v) is 7.30. The van der Waals surface area contributed by atoms with Gasteiger partial charge in [-0.1, -0.05) is 54.6 Å². The van der Waals surface area contributed by atoms with Gasteiger partial charge in [0.15, 0.2) is 11.5 Å². The number of nitrogens with zero attached hydrogens (tertiary/aromatic N) is 1. The molecule has 28 heavy (non-hydrogen) atoms. The molecule has 5 nitrogen and oxygen atoms in total. The maximum atomic E-state index is 12.8. The van der Waals surface area contributed by atoms with Gasteiger partial charge in [-0.2, -0.15) is 0 Å². The van der Waals surface area contributed by atoms with Crippen molar-refractivity contribution in [1.29, 1.82) is 0 Å². The number of thioether (sulfide) groups is 1. The van der Waals surface area contributed by atoms with Crippen LogP contribution in [0.25, 0.3) is 16.8 Å². The summed E-state index contributed by atoms with van der Waals surface area (Å²) in [6.45, 7) is 0.202. The molecule has 4 rings (SSSR count). The number of methoxy groups -OCH3 is 1. The minimum absolute atomic E-state index is 0.0640. The number of rotatable bonds is 4. The zero-order valence-corrected chi connectivity index (χ0v) is 15.9. The second-order valence-electron chi connectivity index (χ2n) is 6.30. The smallest absolute Gasteiger partial charge is 0.293 e. The number of hydrogen-bond donors (Lipinski definition) is 1. The van der Waals surface area contributed by atoms with Gasteiger partial charge in [0, 0.05) is 5.56 Å². The lowest BCUT2D eigenvalue weighted by Crippen LogP contribution is -2.27. The Labute approximate surface area is 166 Å². The summed E-state index contributed by atoms with van der Waals surface area (Å²) in [6.07, 6.45) is 1.52. The summed E-state index contributed by atoms with van der Waals surface area (Å²) >= 11 is 0.870. The van der Waals surface area contributed by atoms with Crippen LogP contribution < -0.4 is 4.74 Å². The van der Waals surface area contributed by atoms with Gasteiger partial charge in [-0.05, 0) is 40.2 Å². The number of aromatic hydroxyl groups is 1. The maximum Gasteiger partial charge on any atom is 0.293 e. The topological polar surface area (TPSA) is 66.8 Å². The van der Waals surface area contributed by atoms with Gasteiger partial charge < -0.3 is 9.84 Å². The number of phenols is 1. The Morgan fingerprint density at radius 1 is 1.04 bits per heavy atom. The third-order valence-corrected chi connectivity index (χ3v) is 5.53. The molecule has 0 atom stereocenters. The monoisotopic (exact) mass is 391 g/mol. The van der Waals surface area contributed by atoms with Crippen molar-refractivity contribution in [3.05, 3.63) is 76.7 Å². The number of imide groups is 1. The summed E-state index contributed by atoms with van der Waals surface area (Å²) < 4.78 is 5.09.